The van der Waals surface area contributed by atoms with Crippen molar-refractivity contribution in [3.63, 3.8) is 0 Å². The van der Waals surface area contributed by atoms with Crippen LogP contribution in [-0.2, 0) is 15.8 Å². The SMILES string of the molecule is CCCC1CC1NS(=O)(=O)Cc1cccc(C(=O)O)c1. The zero-order valence-corrected chi connectivity index (χ0v) is 12.2. The van der Waals surface area contributed by atoms with E-state index in [2.05, 4.69) is 11.6 Å². The molecular formula is C14H19NO4S. The average molecular weight is 297 g/mol. The molecule has 0 radical (unpaired) electrons. The van der Waals surface area contributed by atoms with Crippen LogP contribution in [-0.4, -0.2) is 25.5 Å². The molecule has 1 saturated carbocycles. The second kappa shape index (κ2) is 5.93. The fourth-order valence-corrected chi connectivity index (χ4v) is 3.82. The number of carbonyl (C=O) groups is 1. The first-order valence-corrected chi connectivity index (χ1v) is 8.38. The van der Waals surface area contributed by atoms with Crippen LogP contribution in [0.2, 0.25) is 0 Å². The average Bonchev–Trinajstić information content (AvgIpc) is 3.06. The number of hydrogen-bond donors (Lipinski definition) is 2. The molecule has 1 fully saturated rings. The van der Waals surface area contributed by atoms with Crippen LogP contribution in [0.1, 0.15) is 42.1 Å². The molecule has 1 aliphatic carbocycles. The molecule has 0 heterocycles. The van der Waals surface area contributed by atoms with Crippen molar-refractivity contribution in [1.82, 2.24) is 4.72 Å². The van der Waals surface area contributed by atoms with Crippen molar-refractivity contribution in [2.24, 2.45) is 5.92 Å². The third-order valence-electron chi connectivity index (χ3n) is 3.44. The minimum Gasteiger partial charge on any atom is -0.478 e. The second-order valence-electron chi connectivity index (χ2n) is 5.27. The molecule has 0 aliphatic heterocycles. The fourth-order valence-electron chi connectivity index (χ4n) is 2.37. The molecule has 2 rings (SSSR count). The van der Waals surface area contributed by atoms with Crippen molar-refractivity contribution >= 4 is 16.0 Å². The fraction of sp³-hybridized carbons (Fsp3) is 0.500. The normalized spacial score (nSPS) is 21.6. The molecule has 0 saturated heterocycles. The molecule has 6 heteroatoms. The van der Waals surface area contributed by atoms with Gasteiger partial charge in [-0.1, -0.05) is 25.5 Å². The highest BCUT2D eigenvalue weighted by atomic mass is 32.2. The Hall–Kier alpha value is -1.40. The number of hydrogen-bond acceptors (Lipinski definition) is 3. The van der Waals surface area contributed by atoms with E-state index in [1.807, 2.05) is 0 Å². The highest BCUT2D eigenvalue weighted by Gasteiger charge is 2.38. The number of carboxylic acids is 1. The summed E-state index contributed by atoms with van der Waals surface area (Å²) >= 11 is 0. The van der Waals surface area contributed by atoms with E-state index in [-0.39, 0.29) is 17.4 Å². The van der Waals surface area contributed by atoms with E-state index in [9.17, 15) is 13.2 Å². The summed E-state index contributed by atoms with van der Waals surface area (Å²) in [6.07, 6.45) is 3.01. The number of benzene rings is 1. The maximum Gasteiger partial charge on any atom is 0.335 e. The van der Waals surface area contributed by atoms with Crippen LogP contribution in [0.5, 0.6) is 0 Å². The van der Waals surface area contributed by atoms with E-state index in [1.54, 1.807) is 12.1 Å². The molecule has 110 valence electrons. The van der Waals surface area contributed by atoms with Gasteiger partial charge in [-0.2, -0.15) is 0 Å². The van der Waals surface area contributed by atoms with Crippen molar-refractivity contribution in [1.29, 1.82) is 0 Å². The predicted molar refractivity (Wildman–Crippen MR) is 76.0 cm³/mol. The Morgan fingerprint density at radius 1 is 1.45 bits per heavy atom. The zero-order chi connectivity index (χ0) is 14.8. The Kier molecular flexibility index (Phi) is 4.45. The number of carboxylic acid groups (broad SMARTS) is 1. The van der Waals surface area contributed by atoms with Crippen LogP contribution in [0.3, 0.4) is 0 Å². The molecule has 2 N–H and O–H groups in total. The Morgan fingerprint density at radius 2 is 2.20 bits per heavy atom. The van der Waals surface area contributed by atoms with Crippen molar-refractivity contribution in [2.45, 2.75) is 38.0 Å². The number of rotatable bonds is 7. The Morgan fingerprint density at radius 3 is 2.85 bits per heavy atom. The van der Waals surface area contributed by atoms with Gasteiger partial charge < -0.3 is 5.11 Å². The summed E-state index contributed by atoms with van der Waals surface area (Å²) in [6, 6.07) is 6.10. The Labute approximate surface area is 119 Å². The molecule has 0 spiro atoms. The molecule has 0 aromatic heterocycles. The van der Waals surface area contributed by atoms with Gasteiger partial charge in [0.05, 0.1) is 11.3 Å². The summed E-state index contributed by atoms with van der Waals surface area (Å²) in [4.78, 5) is 10.9. The van der Waals surface area contributed by atoms with Crippen LogP contribution in [0.25, 0.3) is 0 Å². The highest BCUT2D eigenvalue weighted by Crippen LogP contribution is 2.35. The van der Waals surface area contributed by atoms with Crippen molar-refractivity contribution in [3.8, 4) is 0 Å². The van der Waals surface area contributed by atoms with Gasteiger partial charge in [0.1, 0.15) is 0 Å². The highest BCUT2D eigenvalue weighted by molar-refractivity contribution is 7.88. The minimum absolute atomic E-state index is 0.0580. The van der Waals surface area contributed by atoms with Crippen LogP contribution in [0.4, 0.5) is 0 Å². The van der Waals surface area contributed by atoms with E-state index >= 15 is 0 Å². The smallest absolute Gasteiger partial charge is 0.335 e. The largest absolute Gasteiger partial charge is 0.478 e. The van der Waals surface area contributed by atoms with Crippen LogP contribution < -0.4 is 4.72 Å². The van der Waals surface area contributed by atoms with Crippen molar-refractivity contribution in [2.75, 3.05) is 0 Å². The van der Waals surface area contributed by atoms with Gasteiger partial charge in [-0.25, -0.2) is 17.9 Å². The van der Waals surface area contributed by atoms with E-state index in [0.29, 0.717) is 11.5 Å². The first-order chi connectivity index (χ1) is 9.41. The Bertz CT molecular complexity index is 597. The van der Waals surface area contributed by atoms with Gasteiger partial charge in [-0.15, -0.1) is 0 Å². The summed E-state index contributed by atoms with van der Waals surface area (Å²) in [6.45, 7) is 2.08. The maximum atomic E-state index is 12.0. The molecule has 2 atom stereocenters. The van der Waals surface area contributed by atoms with E-state index in [0.717, 1.165) is 19.3 Å². The molecule has 0 bridgehead atoms. The predicted octanol–water partition coefficient (Wildman–Crippen LogP) is 1.99. The lowest BCUT2D eigenvalue weighted by molar-refractivity contribution is 0.0696. The van der Waals surface area contributed by atoms with Gasteiger partial charge in [-0.05, 0) is 36.5 Å². The van der Waals surface area contributed by atoms with Gasteiger partial charge in [0.15, 0.2) is 0 Å². The molecule has 5 nitrogen and oxygen atoms in total. The lowest BCUT2D eigenvalue weighted by Crippen LogP contribution is -2.28. The molecule has 1 aromatic rings. The molecule has 1 aliphatic rings. The van der Waals surface area contributed by atoms with E-state index in [1.165, 1.54) is 12.1 Å². The van der Waals surface area contributed by atoms with Gasteiger partial charge in [0, 0.05) is 6.04 Å². The van der Waals surface area contributed by atoms with Crippen LogP contribution >= 0.6 is 0 Å². The molecule has 1 aromatic carbocycles. The van der Waals surface area contributed by atoms with Crippen molar-refractivity contribution in [3.05, 3.63) is 35.4 Å². The van der Waals surface area contributed by atoms with Crippen LogP contribution in [0.15, 0.2) is 24.3 Å². The maximum absolute atomic E-state index is 12.0. The first-order valence-electron chi connectivity index (χ1n) is 6.73. The number of sulfonamides is 1. The minimum atomic E-state index is -3.41. The first kappa shape index (κ1) is 15.0. The molecule has 20 heavy (non-hydrogen) atoms. The number of nitrogens with one attached hydrogen (secondary N) is 1. The molecule has 2 unspecified atom stereocenters. The quantitative estimate of drug-likeness (QED) is 0.806. The molecule has 0 amide bonds. The van der Waals surface area contributed by atoms with Gasteiger partial charge >= 0.3 is 5.97 Å². The summed E-state index contributed by atoms with van der Waals surface area (Å²) in [5.74, 6) is -0.772. The third-order valence-corrected chi connectivity index (χ3v) is 4.82. The second-order valence-corrected chi connectivity index (χ2v) is 7.03. The van der Waals surface area contributed by atoms with Gasteiger partial charge in [0.25, 0.3) is 0 Å². The summed E-state index contributed by atoms with van der Waals surface area (Å²) in [7, 11) is -3.41. The number of aromatic carboxylic acids is 1. The van der Waals surface area contributed by atoms with E-state index in [4.69, 9.17) is 5.11 Å². The topological polar surface area (TPSA) is 83.5 Å². The monoisotopic (exact) mass is 297 g/mol. The zero-order valence-electron chi connectivity index (χ0n) is 11.4. The molecular weight excluding hydrogens is 278 g/mol. The van der Waals surface area contributed by atoms with Gasteiger partial charge in [-0.3, -0.25) is 0 Å². The summed E-state index contributed by atoms with van der Waals surface area (Å²) < 4.78 is 26.7. The van der Waals surface area contributed by atoms with Crippen molar-refractivity contribution < 1.29 is 18.3 Å². The van der Waals surface area contributed by atoms with Gasteiger partial charge in [0.2, 0.25) is 10.0 Å². The van der Waals surface area contributed by atoms with Crippen LogP contribution in [0, 0.1) is 5.92 Å². The lowest BCUT2D eigenvalue weighted by Gasteiger charge is -2.07. The third kappa shape index (κ3) is 4.05. The summed E-state index contributed by atoms with van der Waals surface area (Å²) in [5.41, 5.74) is 0.595. The lowest BCUT2D eigenvalue weighted by atomic mass is 10.1. The van der Waals surface area contributed by atoms with E-state index < -0.39 is 16.0 Å². The Balaban J connectivity index is 1.98. The summed E-state index contributed by atoms with van der Waals surface area (Å²) in [5, 5.41) is 8.89. The standard InChI is InChI=1S/C14H19NO4S/c1-2-4-11-8-13(11)15-20(18,19)9-10-5-3-6-12(7-10)14(16)17/h3,5-7,11,13,15H,2,4,8-9H2,1H3,(H,16,17).